The Kier molecular flexibility index (Phi) is 7.52. The normalized spacial score (nSPS) is 12.9. The molecule has 29 heavy (non-hydrogen) atoms. The molecule has 0 bridgehead atoms. The number of carbonyl (C=O) groups is 2. The summed E-state index contributed by atoms with van der Waals surface area (Å²) >= 11 is 0. The van der Waals surface area contributed by atoms with Crippen LogP contribution < -0.4 is 17.0 Å². The number of anilines is 1. The number of ether oxygens (including phenoxy) is 1. The van der Waals surface area contributed by atoms with E-state index in [0.717, 1.165) is 16.6 Å². The minimum absolute atomic E-state index is 0.0000616. The third-order valence-corrected chi connectivity index (χ3v) is 4.94. The molecule has 0 spiro atoms. The molecule has 0 aliphatic carbocycles. The lowest BCUT2D eigenvalue weighted by Crippen LogP contribution is -2.37. The van der Waals surface area contributed by atoms with Gasteiger partial charge < -0.3 is 10.5 Å². The number of nitrogens with two attached hydrogens (primary N) is 1. The van der Waals surface area contributed by atoms with Crippen molar-refractivity contribution in [2.75, 3.05) is 12.3 Å². The fourth-order valence-electron chi connectivity index (χ4n) is 3.19. The maximum atomic E-state index is 12.7. The molecule has 3 N–H and O–H groups in total. The topological polar surface area (TPSA) is 124 Å². The van der Waals surface area contributed by atoms with E-state index in [1.165, 1.54) is 0 Å². The SMILES string of the molecule is CCCn1c(N)c(C(=O)COC(=O)[C@@H](c2ccccc2)[C@H](C)CC)c(=O)[nH]c1=O. The van der Waals surface area contributed by atoms with Crippen LogP contribution in [0.3, 0.4) is 0 Å². The van der Waals surface area contributed by atoms with Crippen LogP contribution in [0.25, 0.3) is 0 Å². The first kappa shape index (κ1) is 22.1. The van der Waals surface area contributed by atoms with E-state index in [2.05, 4.69) is 4.98 Å². The average Bonchev–Trinajstić information content (AvgIpc) is 2.70. The van der Waals surface area contributed by atoms with Gasteiger partial charge in [0.15, 0.2) is 6.61 Å². The number of rotatable bonds is 9. The van der Waals surface area contributed by atoms with E-state index in [-0.39, 0.29) is 23.8 Å². The van der Waals surface area contributed by atoms with Crippen LogP contribution in [-0.2, 0) is 16.1 Å². The maximum Gasteiger partial charge on any atom is 0.329 e. The predicted octanol–water partition coefficient (Wildman–Crippen LogP) is 2.08. The van der Waals surface area contributed by atoms with Gasteiger partial charge in [-0.3, -0.25) is 23.9 Å². The van der Waals surface area contributed by atoms with Crippen molar-refractivity contribution in [2.24, 2.45) is 5.92 Å². The van der Waals surface area contributed by atoms with Gasteiger partial charge in [-0.05, 0) is 17.9 Å². The first-order valence-electron chi connectivity index (χ1n) is 9.69. The number of benzene rings is 1. The van der Waals surface area contributed by atoms with Crippen LogP contribution in [0, 0.1) is 5.92 Å². The highest BCUT2D eigenvalue weighted by Gasteiger charge is 2.28. The van der Waals surface area contributed by atoms with Crippen molar-refractivity contribution in [2.45, 2.75) is 46.1 Å². The predicted molar refractivity (Wildman–Crippen MR) is 110 cm³/mol. The van der Waals surface area contributed by atoms with Crippen molar-refractivity contribution in [1.82, 2.24) is 9.55 Å². The van der Waals surface area contributed by atoms with Gasteiger partial charge in [0.05, 0.1) is 5.92 Å². The van der Waals surface area contributed by atoms with Gasteiger partial charge in [0, 0.05) is 6.54 Å². The van der Waals surface area contributed by atoms with Crippen LogP contribution in [0.2, 0.25) is 0 Å². The summed E-state index contributed by atoms with van der Waals surface area (Å²) in [7, 11) is 0. The van der Waals surface area contributed by atoms with Crippen molar-refractivity contribution in [3.8, 4) is 0 Å². The lowest BCUT2D eigenvalue weighted by atomic mass is 9.85. The van der Waals surface area contributed by atoms with E-state index in [4.69, 9.17) is 10.5 Å². The van der Waals surface area contributed by atoms with Crippen molar-refractivity contribution >= 4 is 17.6 Å². The highest BCUT2D eigenvalue weighted by molar-refractivity contribution is 6.01. The van der Waals surface area contributed by atoms with Crippen LogP contribution in [0.15, 0.2) is 39.9 Å². The molecule has 0 saturated heterocycles. The molecule has 0 unspecified atom stereocenters. The van der Waals surface area contributed by atoms with E-state index in [1.54, 1.807) is 0 Å². The van der Waals surface area contributed by atoms with E-state index in [1.807, 2.05) is 51.1 Å². The summed E-state index contributed by atoms with van der Waals surface area (Å²) in [5.41, 5.74) is 4.75. The second kappa shape index (κ2) is 9.86. The molecule has 0 aliphatic rings. The molecular weight excluding hydrogens is 374 g/mol. The standard InChI is InChI=1S/C21H27N3O5/c1-4-11-24-18(22)17(19(26)23-21(24)28)15(25)12-29-20(27)16(13(3)5-2)14-9-7-6-8-10-14/h6-10,13,16H,4-5,11-12,22H2,1-3H3,(H,23,26,28)/t13-,16-/m1/s1. The minimum atomic E-state index is -0.887. The zero-order chi connectivity index (χ0) is 21.6. The summed E-state index contributed by atoms with van der Waals surface area (Å²) < 4.78 is 6.38. The van der Waals surface area contributed by atoms with Gasteiger partial charge in [-0.15, -0.1) is 0 Å². The number of aromatic amines is 1. The van der Waals surface area contributed by atoms with Crippen molar-refractivity contribution in [3.63, 3.8) is 0 Å². The number of hydrogen-bond donors (Lipinski definition) is 2. The molecule has 0 fully saturated rings. The van der Waals surface area contributed by atoms with Crippen LogP contribution in [0.4, 0.5) is 5.82 Å². The third-order valence-electron chi connectivity index (χ3n) is 4.94. The summed E-state index contributed by atoms with van der Waals surface area (Å²) in [6.45, 7) is 5.36. The molecule has 156 valence electrons. The van der Waals surface area contributed by atoms with Crippen LogP contribution in [0.1, 0.15) is 55.5 Å². The molecule has 0 saturated carbocycles. The largest absolute Gasteiger partial charge is 0.457 e. The Morgan fingerprint density at radius 2 is 1.83 bits per heavy atom. The molecule has 1 aromatic heterocycles. The maximum absolute atomic E-state index is 12.7. The van der Waals surface area contributed by atoms with E-state index in [0.29, 0.717) is 6.42 Å². The van der Waals surface area contributed by atoms with Gasteiger partial charge >= 0.3 is 11.7 Å². The second-order valence-electron chi connectivity index (χ2n) is 6.98. The van der Waals surface area contributed by atoms with Gasteiger partial charge in [-0.25, -0.2) is 4.79 Å². The van der Waals surface area contributed by atoms with Crippen LogP contribution in [-0.4, -0.2) is 27.9 Å². The third kappa shape index (κ3) is 5.01. The summed E-state index contributed by atoms with van der Waals surface area (Å²) in [4.78, 5) is 51.4. The Labute approximate surface area is 168 Å². The molecule has 2 rings (SSSR count). The number of hydrogen-bond acceptors (Lipinski definition) is 6. The number of carbonyl (C=O) groups excluding carboxylic acids is 2. The molecule has 0 aliphatic heterocycles. The second-order valence-corrected chi connectivity index (χ2v) is 6.98. The summed E-state index contributed by atoms with van der Waals surface area (Å²) in [5.74, 6) is -2.05. The molecule has 0 radical (unpaired) electrons. The molecule has 8 heteroatoms. The number of Topliss-reactive ketones (excluding diaryl/α,β-unsaturated/α-hetero) is 1. The number of ketones is 1. The van der Waals surface area contributed by atoms with Crippen molar-refractivity contribution in [1.29, 1.82) is 0 Å². The van der Waals surface area contributed by atoms with Gasteiger partial charge in [0.25, 0.3) is 5.56 Å². The highest BCUT2D eigenvalue weighted by Crippen LogP contribution is 2.28. The Morgan fingerprint density at radius 3 is 2.41 bits per heavy atom. The van der Waals surface area contributed by atoms with Gasteiger partial charge in [0.1, 0.15) is 11.4 Å². The average molecular weight is 401 g/mol. The Morgan fingerprint density at radius 1 is 1.17 bits per heavy atom. The van der Waals surface area contributed by atoms with Gasteiger partial charge in [0.2, 0.25) is 5.78 Å². The number of nitrogen functional groups attached to an aromatic ring is 1. The molecule has 8 nitrogen and oxygen atoms in total. The van der Waals surface area contributed by atoms with Gasteiger partial charge in [-0.2, -0.15) is 0 Å². The number of H-pyrrole nitrogens is 1. The molecule has 1 aromatic carbocycles. The molecule has 0 amide bonds. The smallest absolute Gasteiger partial charge is 0.329 e. The quantitative estimate of drug-likeness (QED) is 0.490. The first-order valence-corrected chi connectivity index (χ1v) is 9.69. The van der Waals surface area contributed by atoms with Gasteiger partial charge in [-0.1, -0.05) is 57.5 Å². The molecule has 2 aromatic rings. The van der Waals surface area contributed by atoms with Crippen molar-refractivity contribution in [3.05, 3.63) is 62.3 Å². The van der Waals surface area contributed by atoms with E-state index in [9.17, 15) is 19.2 Å². The first-order chi connectivity index (χ1) is 13.8. The molecule has 2 atom stereocenters. The highest BCUT2D eigenvalue weighted by atomic mass is 16.5. The van der Waals surface area contributed by atoms with Crippen molar-refractivity contribution < 1.29 is 14.3 Å². The Balaban J connectivity index is 2.23. The van der Waals surface area contributed by atoms with E-state index < -0.39 is 35.5 Å². The summed E-state index contributed by atoms with van der Waals surface area (Å²) in [6.07, 6.45) is 1.34. The minimum Gasteiger partial charge on any atom is -0.457 e. The molecule has 1 heterocycles. The molecular formula is C21H27N3O5. The fraction of sp³-hybridized carbons (Fsp3) is 0.429. The number of nitrogens with one attached hydrogen (secondary N) is 1. The Hall–Kier alpha value is -3.16. The zero-order valence-corrected chi connectivity index (χ0v) is 16.9. The number of aromatic nitrogens is 2. The number of esters is 1. The monoisotopic (exact) mass is 401 g/mol. The Bertz CT molecular complexity index is 978. The zero-order valence-electron chi connectivity index (χ0n) is 16.9. The fourth-order valence-corrected chi connectivity index (χ4v) is 3.19. The lowest BCUT2D eigenvalue weighted by molar-refractivity contribution is -0.145. The summed E-state index contributed by atoms with van der Waals surface area (Å²) in [5, 5.41) is 0. The van der Waals surface area contributed by atoms with Crippen LogP contribution in [0.5, 0.6) is 0 Å². The van der Waals surface area contributed by atoms with E-state index >= 15 is 0 Å². The van der Waals surface area contributed by atoms with Crippen LogP contribution >= 0.6 is 0 Å². The summed E-state index contributed by atoms with van der Waals surface area (Å²) in [6, 6.07) is 9.19. The lowest BCUT2D eigenvalue weighted by Gasteiger charge is -2.21. The number of nitrogens with zero attached hydrogens (tertiary/aromatic N) is 1.